The zero-order chi connectivity index (χ0) is 17.9. The maximum absolute atomic E-state index is 12.7. The minimum absolute atomic E-state index is 0.239. The largest absolute Gasteiger partial charge is 0.276 e. The van der Waals surface area contributed by atoms with Crippen LogP contribution >= 0.6 is 11.8 Å². The van der Waals surface area contributed by atoms with Gasteiger partial charge in [-0.2, -0.15) is 4.31 Å². The number of pyridine rings is 2. The minimum Gasteiger partial charge on any atom is -0.276 e. The topological polar surface area (TPSA) is 80.5 Å². The summed E-state index contributed by atoms with van der Waals surface area (Å²) in [4.78, 5) is 4.52. The molecule has 0 aromatic carbocycles. The molecule has 3 rings (SSSR count). The Hall–Kier alpha value is -1.97. The van der Waals surface area contributed by atoms with E-state index in [4.69, 9.17) is 0 Å². The summed E-state index contributed by atoms with van der Waals surface area (Å²) < 4.78 is 28.6. The van der Waals surface area contributed by atoms with Crippen LogP contribution < -0.4 is 0 Å². The molecule has 9 heteroatoms. The van der Waals surface area contributed by atoms with Crippen LogP contribution in [0.3, 0.4) is 0 Å². The van der Waals surface area contributed by atoms with E-state index < -0.39 is 10.0 Å². The summed E-state index contributed by atoms with van der Waals surface area (Å²) >= 11 is 1.47. The Morgan fingerprint density at radius 3 is 2.60 bits per heavy atom. The average Bonchev–Trinajstić information content (AvgIpc) is 3.04. The average molecular weight is 377 g/mol. The molecule has 0 amide bonds. The fourth-order valence-corrected chi connectivity index (χ4v) is 4.72. The summed E-state index contributed by atoms with van der Waals surface area (Å²) in [5, 5.41) is 8.90. The Balaban J connectivity index is 1.92. The molecule has 7 nitrogen and oxygen atoms in total. The van der Waals surface area contributed by atoms with Gasteiger partial charge < -0.3 is 0 Å². The second-order valence-corrected chi connectivity index (χ2v) is 8.16. The number of hydrogen-bond acceptors (Lipinski definition) is 6. The van der Waals surface area contributed by atoms with Crippen LogP contribution in [0.25, 0.3) is 5.65 Å². The van der Waals surface area contributed by atoms with Crippen molar-refractivity contribution in [1.82, 2.24) is 23.9 Å². The van der Waals surface area contributed by atoms with Crippen LogP contribution in [0.2, 0.25) is 0 Å². The van der Waals surface area contributed by atoms with Crippen molar-refractivity contribution >= 4 is 27.4 Å². The molecule has 3 aromatic heterocycles. The first-order valence-corrected chi connectivity index (χ1v) is 10.4. The van der Waals surface area contributed by atoms with Gasteiger partial charge in [0.15, 0.2) is 10.8 Å². The van der Waals surface area contributed by atoms with E-state index in [1.165, 1.54) is 16.1 Å². The summed E-state index contributed by atoms with van der Waals surface area (Å²) in [5.41, 5.74) is 1.54. The lowest BCUT2D eigenvalue weighted by molar-refractivity contribution is 0.445. The highest BCUT2D eigenvalue weighted by Crippen LogP contribution is 2.23. The molecule has 0 radical (unpaired) electrons. The predicted octanol–water partition coefficient (Wildman–Crippen LogP) is 2.45. The zero-order valence-electron chi connectivity index (χ0n) is 14.0. The first-order chi connectivity index (χ1) is 12.1. The normalized spacial score (nSPS) is 12.1. The lowest BCUT2D eigenvalue weighted by atomic mass is 10.4. The fourth-order valence-electron chi connectivity index (χ4n) is 2.44. The number of thioether (sulfide) groups is 1. The first-order valence-electron chi connectivity index (χ1n) is 7.94. The van der Waals surface area contributed by atoms with Crippen LogP contribution in [0.15, 0.2) is 52.8 Å². The van der Waals surface area contributed by atoms with E-state index in [0.717, 1.165) is 5.69 Å². The summed E-state index contributed by atoms with van der Waals surface area (Å²) in [7, 11) is -3.52. The van der Waals surface area contributed by atoms with Crippen LogP contribution in [-0.2, 0) is 15.8 Å². The molecular weight excluding hydrogens is 358 g/mol. The molecule has 0 aliphatic heterocycles. The zero-order valence-corrected chi connectivity index (χ0v) is 15.7. The molecule has 0 saturated carbocycles. The maximum Gasteiger partial charge on any atom is 0.244 e. The predicted molar refractivity (Wildman–Crippen MR) is 96.9 cm³/mol. The van der Waals surface area contributed by atoms with E-state index in [0.29, 0.717) is 29.6 Å². The van der Waals surface area contributed by atoms with Crippen LogP contribution in [0, 0.1) is 0 Å². The molecule has 0 bridgehead atoms. The Kier molecular flexibility index (Phi) is 5.36. The van der Waals surface area contributed by atoms with Crippen molar-refractivity contribution < 1.29 is 8.42 Å². The number of fused-ring (bicyclic) bond motifs is 1. The van der Waals surface area contributed by atoms with Crippen molar-refractivity contribution in [1.29, 1.82) is 0 Å². The third kappa shape index (κ3) is 3.68. The van der Waals surface area contributed by atoms with Crippen molar-refractivity contribution in [3.8, 4) is 0 Å². The molecule has 132 valence electrons. The fraction of sp³-hybridized carbons (Fsp3) is 0.312. The molecule has 0 saturated heterocycles. The molecular formula is C16H19N5O2S2. The Morgan fingerprint density at radius 2 is 1.92 bits per heavy atom. The summed E-state index contributed by atoms with van der Waals surface area (Å²) in [6.45, 7) is 4.51. The van der Waals surface area contributed by atoms with Crippen LogP contribution in [0.5, 0.6) is 0 Å². The van der Waals surface area contributed by atoms with Gasteiger partial charge in [-0.15, -0.1) is 10.2 Å². The number of sulfonamides is 1. The molecule has 25 heavy (non-hydrogen) atoms. The second-order valence-electron chi connectivity index (χ2n) is 5.27. The third-order valence-corrected chi connectivity index (χ3v) is 6.77. The van der Waals surface area contributed by atoms with Crippen molar-refractivity contribution in [3.05, 3.63) is 48.4 Å². The summed E-state index contributed by atoms with van der Waals surface area (Å²) in [5.74, 6) is 0.634. The smallest absolute Gasteiger partial charge is 0.244 e. The Labute approximate surface area is 151 Å². The highest BCUT2D eigenvalue weighted by atomic mass is 32.2. The van der Waals surface area contributed by atoms with Gasteiger partial charge in [0, 0.05) is 31.2 Å². The van der Waals surface area contributed by atoms with Crippen molar-refractivity contribution in [2.75, 3.05) is 13.1 Å². The van der Waals surface area contributed by atoms with E-state index in [9.17, 15) is 8.42 Å². The van der Waals surface area contributed by atoms with Gasteiger partial charge in [0.1, 0.15) is 0 Å². The molecule has 3 heterocycles. The molecule has 0 spiro atoms. The molecule has 0 aliphatic rings. The van der Waals surface area contributed by atoms with Gasteiger partial charge in [0.05, 0.1) is 10.6 Å². The summed E-state index contributed by atoms with van der Waals surface area (Å²) in [6, 6.07) is 8.98. The molecule has 3 aromatic rings. The quantitative estimate of drug-likeness (QED) is 0.588. The van der Waals surface area contributed by atoms with Gasteiger partial charge in [-0.25, -0.2) is 8.42 Å². The molecule has 0 aliphatic carbocycles. The van der Waals surface area contributed by atoms with Gasteiger partial charge in [-0.3, -0.25) is 9.38 Å². The number of nitrogens with zero attached hydrogens (tertiary/aromatic N) is 5. The van der Waals surface area contributed by atoms with Crippen LogP contribution in [-0.4, -0.2) is 45.4 Å². The number of rotatable bonds is 7. The van der Waals surface area contributed by atoms with Gasteiger partial charge >= 0.3 is 0 Å². The lowest BCUT2D eigenvalue weighted by Gasteiger charge is -2.18. The third-order valence-electron chi connectivity index (χ3n) is 3.76. The van der Waals surface area contributed by atoms with Crippen molar-refractivity contribution in [2.45, 2.75) is 29.7 Å². The first kappa shape index (κ1) is 17.8. The van der Waals surface area contributed by atoms with E-state index in [2.05, 4.69) is 15.2 Å². The van der Waals surface area contributed by atoms with E-state index in [-0.39, 0.29) is 4.90 Å². The van der Waals surface area contributed by atoms with Gasteiger partial charge in [0.25, 0.3) is 0 Å². The van der Waals surface area contributed by atoms with Crippen molar-refractivity contribution in [2.24, 2.45) is 0 Å². The van der Waals surface area contributed by atoms with Crippen LogP contribution in [0.4, 0.5) is 0 Å². The van der Waals surface area contributed by atoms with E-state index in [1.807, 2.05) is 32.0 Å². The highest BCUT2D eigenvalue weighted by Gasteiger charge is 2.22. The Bertz CT molecular complexity index is 953. The van der Waals surface area contributed by atoms with Crippen molar-refractivity contribution in [3.63, 3.8) is 0 Å². The monoisotopic (exact) mass is 377 g/mol. The van der Waals surface area contributed by atoms with Gasteiger partial charge in [-0.05, 0) is 24.3 Å². The standard InChI is InChI=1S/C16H19N5O2S2/c1-3-20(4-2)25(22,23)14-8-9-15-18-19-16(21(15)11-14)24-12-13-7-5-6-10-17-13/h5-11H,3-4,12H2,1-2H3. The van der Waals surface area contributed by atoms with E-state index >= 15 is 0 Å². The maximum atomic E-state index is 12.7. The van der Waals surface area contributed by atoms with Crippen LogP contribution in [0.1, 0.15) is 19.5 Å². The molecule has 0 atom stereocenters. The highest BCUT2D eigenvalue weighted by molar-refractivity contribution is 7.98. The molecule has 0 unspecified atom stereocenters. The SMILES string of the molecule is CCN(CC)S(=O)(=O)c1ccc2nnc(SCc3ccccn3)n2c1. The van der Waals surface area contributed by atoms with Gasteiger partial charge in [-0.1, -0.05) is 31.7 Å². The number of aromatic nitrogens is 4. The lowest BCUT2D eigenvalue weighted by Crippen LogP contribution is -2.30. The van der Waals surface area contributed by atoms with Gasteiger partial charge in [0.2, 0.25) is 10.0 Å². The second kappa shape index (κ2) is 7.51. The Morgan fingerprint density at radius 1 is 1.12 bits per heavy atom. The summed E-state index contributed by atoms with van der Waals surface area (Å²) in [6.07, 6.45) is 3.33. The van der Waals surface area contributed by atoms with E-state index in [1.54, 1.807) is 28.9 Å². The minimum atomic E-state index is -3.52. The molecule has 0 fully saturated rings. The molecule has 0 N–H and O–H groups in total. The number of hydrogen-bond donors (Lipinski definition) is 0.